The van der Waals surface area contributed by atoms with Crippen LogP contribution in [-0.2, 0) is 0 Å². The second-order valence-corrected chi connectivity index (χ2v) is 4.68. The van der Waals surface area contributed by atoms with Crippen LogP contribution in [0.15, 0.2) is 40.9 Å². The molecule has 0 heterocycles. The summed E-state index contributed by atoms with van der Waals surface area (Å²) in [4.78, 5) is 0. The summed E-state index contributed by atoms with van der Waals surface area (Å²) in [6.07, 6.45) is 1.04. The Hall–Kier alpha value is -0.600. The van der Waals surface area contributed by atoms with Crippen molar-refractivity contribution in [3.63, 3.8) is 0 Å². The molecule has 15 heavy (non-hydrogen) atoms. The van der Waals surface area contributed by atoms with Crippen LogP contribution in [0.4, 0.5) is 0 Å². The number of benzene rings is 1. The first-order chi connectivity index (χ1) is 7.13. The lowest BCUT2D eigenvalue weighted by Gasteiger charge is -2.15. The molecule has 0 aliphatic carbocycles. The molecule has 0 amide bonds. The Morgan fingerprint density at radius 2 is 2.27 bits per heavy atom. The smallest absolute Gasteiger partial charge is 0.0295 e. The number of nitrogens with one attached hydrogen (secondary N) is 1. The minimum absolute atomic E-state index is 0.366. The number of hydrogen-bond acceptors (Lipinski definition) is 1. The first kappa shape index (κ1) is 12.5. The van der Waals surface area contributed by atoms with Crippen molar-refractivity contribution in [2.45, 2.75) is 26.3 Å². The SMILES string of the molecule is C=C(CC)CN[C@@H](C)c1cccc(Br)c1. The van der Waals surface area contributed by atoms with Crippen LogP contribution in [0, 0.1) is 0 Å². The van der Waals surface area contributed by atoms with Gasteiger partial charge in [0.15, 0.2) is 0 Å². The highest BCUT2D eigenvalue weighted by atomic mass is 79.9. The highest BCUT2D eigenvalue weighted by Crippen LogP contribution is 2.17. The molecule has 0 fully saturated rings. The molecule has 1 N–H and O–H groups in total. The van der Waals surface area contributed by atoms with Crippen LogP contribution >= 0.6 is 15.9 Å². The zero-order valence-electron chi connectivity index (χ0n) is 9.39. The molecule has 0 bridgehead atoms. The fourth-order valence-electron chi connectivity index (χ4n) is 1.32. The van der Waals surface area contributed by atoms with E-state index in [1.807, 2.05) is 6.07 Å². The van der Waals surface area contributed by atoms with E-state index in [1.54, 1.807) is 0 Å². The minimum Gasteiger partial charge on any atom is -0.306 e. The molecule has 0 saturated heterocycles. The lowest BCUT2D eigenvalue weighted by atomic mass is 10.1. The number of halogens is 1. The highest BCUT2D eigenvalue weighted by molar-refractivity contribution is 9.10. The molecule has 1 aromatic carbocycles. The molecule has 0 saturated carbocycles. The Morgan fingerprint density at radius 3 is 2.87 bits per heavy atom. The van der Waals surface area contributed by atoms with Gasteiger partial charge in [-0.15, -0.1) is 0 Å². The van der Waals surface area contributed by atoms with Crippen LogP contribution in [0.1, 0.15) is 31.9 Å². The van der Waals surface area contributed by atoms with Gasteiger partial charge in [0, 0.05) is 17.1 Å². The average molecular weight is 268 g/mol. The molecule has 1 atom stereocenters. The Balaban J connectivity index is 2.53. The van der Waals surface area contributed by atoms with Crippen LogP contribution in [0.2, 0.25) is 0 Å². The summed E-state index contributed by atoms with van der Waals surface area (Å²) in [6.45, 7) is 9.18. The van der Waals surface area contributed by atoms with Crippen molar-refractivity contribution in [3.05, 3.63) is 46.5 Å². The van der Waals surface area contributed by atoms with Gasteiger partial charge >= 0.3 is 0 Å². The summed E-state index contributed by atoms with van der Waals surface area (Å²) >= 11 is 3.48. The second kappa shape index (κ2) is 6.09. The summed E-state index contributed by atoms with van der Waals surface area (Å²) in [5.41, 5.74) is 2.55. The molecular formula is C13H18BrN. The predicted molar refractivity (Wildman–Crippen MR) is 70.0 cm³/mol. The van der Waals surface area contributed by atoms with Gasteiger partial charge in [-0.1, -0.05) is 47.1 Å². The van der Waals surface area contributed by atoms with Crippen LogP contribution < -0.4 is 5.32 Å². The van der Waals surface area contributed by atoms with Crippen molar-refractivity contribution in [2.75, 3.05) is 6.54 Å². The molecular weight excluding hydrogens is 250 g/mol. The lowest BCUT2D eigenvalue weighted by Crippen LogP contribution is -2.20. The molecule has 0 aliphatic rings. The van der Waals surface area contributed by atoms with Gasteiger partial charge in [-0.25, -0.2) is 0 Å². The van der Waals surface area contributed by atoms with Crippen LogP contribution in [-0.4, -0.2) is 6.54 Å². The van der Waals surface area contributed by atoms with Crippen molar-refractivity contribution in [1.82, 2.24) is 5.32 Å². The maximum atomic E-state index is 3.98. The largest absolute Gasteiger partial charge is 0.306 e. The van der Waals surface area contributed by atoms with E-state index < -0.39 is 0 Å². The molecule has 1 rings (SSSR count). The van der Waals surface area contributed by atoms with E-state index in [2.05, 4.69) is 59.9 Å². The van der Waals surface area contributed by atoms with E-state index in [1.165, 1.54) is 11.1 Å². The van der Waals surface area contributed by atoms with Gasteiger partial charge in [-0.3, -0.25) is 0 Å². The predicted octanol–water partition coefficient (Wildman–Crippen LogP) is 4.07. The first-order valence-electron chi connectivity index (χ1n) is 5.29. The standard InChI is InChI=1S/C13H18BrN/c1-4-10(2)9-15-11(3)12-6-5-7-13(14)8-12/h5-8,11,15H,2,4,9H2,1,3H3/t11-/m0/s1. The lowest BCUT2D eigenvalue weighted by molar-refractivity contribution is 0.601. The van der Waals surface area contributed by atoms with Gasteiger partial charge < -0.3 is 5.32 Å². The third kappa shape index (κ3) is 4.18. The molecule has 82 valence electrons. The fourth-order valence-corrected chi connectivity index (χ4v) is 1.73. The van der Waals surface area contributed by atoms with Crippen LogP contribution in [0.3, 0.4) is 0 Å². The summed E-state index contributed by atoms with van der Waals surface area (Å²) in [7, 11) is 0. The van der Waals surface area contributed by atoms with Crippen LogP contribution in [0.25, 0.3) is 0 Å². The van der Waals surface area contributed by atoms with E-state index in [0.29, 0.717) is 6.04 Å². The van der Waals surface area contributed by atoms with Crippen molar-refractivity contribution < 1.29 is 0 Å². The topological polar surface area (TPSA) is 12.0 Å². The number of hydrogen-bond donors (Lipinski definition) is 1. The van der Waals surface area contributed by atoms with E-state index in [9.17, 15) is 0 Å². The zero-order valence-corrected chi connectivity index (χ0v) is 11.0. The summed E-state index contributed by atoms with van der Waals surface area (Å²) < 4.78 is 1.13. The van der Waals surface area contributed by atoms with E-state index >= 15 is 0 Å². The van der Waals surface area contributed by atoms with Crippen molar-refractivity contribution in [2.24, 2.45) is 0 Å². The average Bonchev–Trinajstić information content (AvgIpc) is 2.25. The molecule has 0 unspecified atom stereocenters. The Kier molecular flexibility index (Phi) is 5.06. The van der Waals surface area contributed by atoms with E-state index in [-0.39, 0.29) is 0 Å². The highest BCUT2D eigenvalue weighted by Gasteiger charge is 2.04. The fraction of sp³-hybridized carbons (Fsp3) is 0.385. The third-order valence-electron chi connectivity index (χ3n) is 2.51. The van der Waals surface area contributed by atoms with Crippen LogP contribution in [0.5, 0.6) is 0 Å². The van der Waals surface area contributed by atoms with Gasteiger partial charge in [0.25, 0.3) is 0 Å². The quantitative estimate of drug-likeness (QED) is 0.794. The molecule has 0 aliphatic heterocycles. The molecule has 0 spiro atoms. The van der Waals surface area contributed by atoms with Gasteiger partial charge in [0.1, 0.15) is 0 Å². The summed E-state index contributed by atoms with van der Waals surface area (Å²) in [6, 6.07) is 8.75. The van der Waals surface area contributed by atoms with E-state index in [0.717, 1.165) is 17.4 Å². The maximum Gasteiger partial charge on any atom is 0.0295 e. The molecule has 1 aromatic rings. The number of rotatable bonds is 5. The van der Waals surface area contributed by atoms with Crippen molar-refractivity contribution >= 4 is 15.9 Å². The van der Waals surface area contributed by atoms with E-state index in [4.69, 9.17) is 0 Å². The maximum absolute atomic E-state index is 3.98. The first-order valence-corrected chi connectivity index (χ1v) is 6.08. The molecule has 0 radical (unpaired) electrons. The molecule has 0 aromatic heterocycles. The van der Waals surface area contributed by atoms with Gasteiger partial charge in [-0.05, 0) is 31.0 Å². The van der Waals surface area contributed by atoms with Crippen molar-refractivity contribution in [1.29, 1.82) is 0 Å². The molecule has 1 nitrogen and oxygen atoms in total. The third-order valence-corrected chi connectivity index (χ3v) is 3.00. The zero-order chi connectivity index (χ0) is 11.3. The Labute approximate surface area is 101 Å². The molecule has 2 heteroatoms. The van der Waals surface area contributed by atoms with Crippen molar-refractivity contribution in [3.8, 4) is 0 Å². The summed E-state index contributed by atoms with van der Waals surface area (Å²) in [5.74, 6) is 0. The Morgan fingerprint density at radius 1 is 1.53 bits per heavy atom. The summed E-state index contributed by atoms with van der Waals surface area (Å²) in [5, 5.41) is 3.46. The second-order valence-electron chi connectivity index (χ2n) is 3.76. The van der Waals surface area contributed by atoms with Gasteiger partial charge in [-0.2, -0.15) is 0 Å². The minimum atomic E-state index is 0.366. The Bertz CT molecular complexity index is 333. The van der Waals surface area contributed by atoms with Gasteiger partial charge in [0.2, 0.25) is 0 Å². The van der Waals surface area contributed by atoms with Gasteiger partial charge in [0.05, 0.1) is 0 Å². The monoisotopic (exact) mass is 267 g/mol. The normalized spacial score (nSPS) is 12.5.